The summed E-state index contributed by atoms with van der Waals surface area (Å²) in [7, 11) is 1.69. The van der Waals surface area contributed by atoms with Crippen LogP contribution in [0.15, 0.2) is 89.2 Å². The van der Waals surface area contributed by atoms with Crippen LogP contribution in [0.1, 0.15) is 11.1 Å². The van der Waals surface area contributed by atoms with Gasteiger partial charge in [-0.15, -0.1) is 0 Å². The molecule has 33 heavy (non-hydrogen) atoms. The molecule has 0 saturated carbocycles. The van der Waals surface area contributed by atoms with Crippen molar-refractivity contribution >= 4 is 34.8 Å². The zero-order valence-electron chi connectivity index (χ0n) is 18.2. The maximum Gasteiger partial charge on any atom is 0.168 e. The van der Waals surface area contributed by atoms with E-state index in [9.17, 15) is 0 Å². The van der Waals surface area contributed by atoms with E-state index in [4.69, 9.17) is 4.74 Å². The Hall–Kier alpha value is -3.62. The Balaban J connectivity index is 1.24. The van der Waals surface area contributed by atoms with E-state index >= 15 is 0 Å². The van der Waals surface area contributed by atoms with Crippen molar-refractivity contribution in [2.75, 3.05) is 29.4 Å². The molecule has 1 aliphatic heterocycles. The molecule has 2 aromatic heterocycles. The van der Waals surface area contributed by atoms with Crippen molar-refractivity contribution in [3.63, 3.8) is 0 Å². The van der Waals surface area contributed by atoms with Gasteiger partial charge in [0.2, 0.25) is 0 Å². The van der Waals surface area contributed by atoms with Crippen molar-refractivity contribution in [3.05, 3.63) is 90.4 Å². The predicted octanol–water partition coefficient (Wildman–Crippen LogP) is 5.30. The molecule has 8 heteroatoms. The van der Waals surface area contributed by atoms with E-state index < -0.39 is 0 Å². The maximum atomic E-state index is 5.44. The van der Waals surface area contributed by atoms with Crippen molar-refractivity contribution in [2.24, 2.45) is 0 Å². The van der Waals surface area contributed by atoms with Gasteiger partial charge in [0.05, 0.1) is 17.6 Å². The Bertz CT molecular complexity index is 1220. The third-order valence-electron chi connectivity index (χ3n) is 5.26. The van der Waals surface area contributed by atoms with Gasteiger partial charge < -0.3 is 15.4 Å². The molecule has 5 rings (SSSR count). The number of rotatable bonds is 8. The molecule has 2 aromatic carbocycles. The van der Waals surface area contributed by atoms with Crippen LogP contribution in [-0.4, -0.2) is 28.8 Å². The van der Waals surface area contributed by atoms with E-state index in [0.717, 1.165) is 45.0 Å². The second-order valence-corrected chi connectivity index (χ2v) is 8.59. The average molecular weight is 457 g/mol. The number of ether oxygens (including phenoxy) is 1. The highest BCUT2D eigenvalue weighted by atomic mass is 32.2. The lowest BCUT2D eigenvalue weighted by Gasteiger charge is -2.30. The minimum absolute atomic E-state index is 0.414. The van der Waals surface area contributed by atoms with Gasteiger partial charge in [0.15, 0.2) is 5.82 Å². The number of fused-ring (bicyclic) bond motifs is 2. The highest BCUT2D eigenvalue weighted by Crippen LogP contribution is 2.46. The van der Waals surface area contributed by atoms with E-state index in [1.165, 1.54) is 5.56 Å². The Kier molecular flexibility index (Phi) is 6.37. The van der Waals surface area contributed by atoms with Gasteiger partial charge in [-0.3, -0.25) is 4.90 Å². The lowest BCUT2D eigenvalue weighted by atomic mass is 10.1. The molecule has 166 valence electrons. The predicted molar refractivity (Wildman–Crippen MR) is 132 cm³/mol. The first-order chi connectivity index (χ1) is 16.3. The normalized spacial score (nSPS) is 12.1. The molecule has 4 aromatic rings. The third kappa shape index (κ3) is 4.92. The van der Waals surface area contributed by atoms with Gasteiger partial charge in [-0.05, 0) is 35.4 Å². The van der Waals surface area contributed by atoms with E-state index in [0.29, 0.717) is 13.3 Å². The number of nitrogens with one attached hydrogen (secondary N) is 2. The number of nitrogens with zero attached hydrogens (tertiary/aromatic N) is 4. The number of methoxy groups -OCH3 is 1. The van der Waals surface area contributed by atoms with Crippen molar-refractivity contribution in [3.8, 4) is 0 Å². The topological polar surface area (TPSA) is 75.2 Å². The molecule has 0 spiro atoms. The summed E-state index contributed by atoms with van der Waals surface area (Å²) in [6.45, 7) is 1.85. The van der Waals surface area contributed by atoms with Crippen molar-refractivity contribution < 1.29 is 4.74 Å². The van der Waals surface area contributed by atoms with E-state index in [1.807, 2.05) is 36.5 Å². The van der Waals surface area contributed by atoms with Crippen LogP contribution < -0.4 is 15.5 Å². The fraction of sp³-hybridized carbons (Fsp3) is 0.160. The van der Waals surface area contributed by atoms with Crippen LogP contribution >= 0.6 is 11.8 Å². The summed E-state index contributed by atoms with van der Waals surface area (Å²) in [5, 5.41) is 7.70. The summed E-state index contributed by atoms with van der Waals surface area (Å²) < 4.78 is 5.44. The molecular weight excluding hydrogens is 432 g/mol. The highest BCUT2D eigenvalue weighted by molar-refractivity contribution is 7.99. The van der Waals surface area contributed by atoms with Crippen LogP contribution in [0.25, 0.3) is 0 Å². The van der Waals surface area contributed by atoms with Gasteiger partial charge in [0, 0.05) is 37.5 Å². The molecule has 3 heterocycles. The molecule has 0 aliphatic carbocycles. The molecule has 0 radical (unpaired) electrons. The number of pyridine rings is 1. The molecule has 0 amide bonds. The first kappa shape index (κ1) is 21.2. The van der Waals surface area contributed by atoms with Crippen LogP contribution in [0.2, 0.25) is 0 Å². The molecule has 2 N–H and O–H groups in total. The molecule has 1 aliphatic rings. The monoisotopic (exact) mass is 456 g/mol. The number of aromatic nitrogens is 3. The Labute approximate surface area is 197 Å². The fourth-order valence-corrected chi connectivity index (χ4v) is 4.60. The standard InChI is InChI=1S/C25H24N6OS/c1-32-17-31-21-13-19(7-9-22(21)33-25-24(31)26-11-12-27-25)15-28-20-8-10-23(30-16-20)29-14-18-5-3-2-4-6-18/h2-13,16,28H,14-15,17H2,1H3,(H,29,30). The molecule has 0 saturated heterocycles. The lowest BCUT2D eigenvalue weighted by molar-refractivity contribution is 0.204. The summed E-state index contributed by atoms with van der Waals surface area (Å²) >= 11 is 1.63. The van der Waals surface area contributed by atoms with Gasteiger partial charge in [-0.1, -0.05) is 48.2 Å². The summed E-state index contributed by atoms with van der Waals surface area (Å²) in [5.41, 5.74) is 4.43. The SMILES string of the molecule is COCN1c2cc(CNc3ccc(NCc4ccccc4)nc3)ccc2Sc2nccnc21. The van der Waals surface area contributed by atoms with E-state index in [2.05, 4.69) is 60.8 Å². The minimum Gasteiger partial charge on any atom is -0.380 e. The maximum absolute atomic E-state index is 5.44. The van der Waals surface area contributed by atoms with Crippen LogP contribution in [0.3, 0.4) is 0 Å². The number of hydrogen-bond donors (Lipinski definition) is 2. The van der Waals surface area contributed by atoms with Crippen molar-refractivity contribution in [1.82, 2.24) is 15.0 Å². The largest absolute Gasteiger partial charge is 0.380 e. The van der Waals surface area contributed by atoms with Crippen molar-refractivity contribution in [1.29, 1.82) is 0 Å². The number of anilines is 4. The van der Waals surface area contributed by atoms with E-state index in [1.54, 1.807) is 31.3 Å². The molecule has 0 atom stereocenters. The molecule has 0 bridgehead atoms. The van der Waals surface area contributed by atoms with Gasteiger partial charge in [0.1, 0.15) is 17.6 Å². The van der Waals surface area contributed by atoms with Gasteiger partial charge in [-0.2, -0.15) is 0 Å². The third-order valence-corrected chi connectivity index (χ3v) is 6.30. The molecule has 0 fully saturated rings. The van der Waals surface area contributed by atoms with Gasteiger partial charge >= 0.3 is 0 Å². The Morgan fingerprint density at radius 3 is 2.55 bits per heavy atom. The molecular formula is C25H24N6OS. The summed E-state index contributed by atoms with van der Waals surface area (Å²) in [6.07, 6.45) is 5.28. The highest BCUT2D eigenvalue weighted by Gasteiger charge is 2.25. The first-order valence-electron chi connectivity index (χ1n) is 10.7. The van der Waals surface area contributed by atoms with Crippen LogP contribution in [0.5, 0.6) is 0 Å². The van der Waals surface area contributed by atoms with Crippen molar-refractivity contribution in [2.45, 2.75) is 23.0 Å². The summed E-state index contributed by atoms with van der Waals surface area (Å²) in [4.78, 5) is 16.7. The fourth-order valence-electron chi connectivity index (χ4n) is 3.62. The Morgan fingerprint density at radius 1 is 0.879 bits per heavy atom. The zero-order valence-corrected chi connectivity index (χ0v) is 19.0. The second-order valence-electron chi connectivity index (χ2n) is 7.56. The summed E-state index contributed by atoms with van der Waals surface area (Å²) in [5.74, 6) is 1.68. The smallest absolute Gasteiger partial charge is 0.168 e. The quantitative estimate of drug-likeness (QED) is 0.370. The first-order valence-corrected chi connectivity index (χ1v) is 11.5. The number of hydrogen-bond acceptors (Lipinski definition) is 8. The molecule has 7 nitrogen and oxygen atoms in total. The second kappa shape index (κ2) is 9.89. The average Bonchev–Trinajstić information content (AvgIpc) is 2.87. The Morgan fingerprint density at radius 2 is 1.73 bits per heavy atom. The van der Waals surface area contributed by atoms with Crippen LogP contribution in [-0.2, 0) is 17.8 Å². The van der Waals surface area contributed by atoms with Crippen LogP contribution in [0.4, 0.5) is 23.0 Å². The lowest BCUT2D eigenvalue weighted by Crippen LogP contribution is -2.24. The summed E-state index contributed by atoms with van der Waals surface area (Å²) in [6, 6.07) is 20.8. The zero-order chi connectivity index (χ0) is 22.5. The number of benzene rings is 2. The van der Waals surface area contributed by atoms with Gasteiger partial charge in [-0.25, -0.2) is 15.0 Å². The van der Waals surface area contributed by atoms with E-state index in [-0.39, 0.29) is 0 Å². The van der Waals surface area contributed by atoms with Crippen LogP contribution in [0, 0.1) is 0 Å². The molecule has 0 unspecified atom stereocenters. The minimum atomic E-state index is 0.414. The van der Waals surface area contributed by atoms with Gasteiger partial charge in [0.25, 0.3) is 0 Å².